The van der Waals surface area contributed by atoms with Gasteiger partial charge < -0.3 is 14.5 Å². The number of nitrogens with zero attached hydrogens (tertiary/aromatic N) is 2. The Labute approximate surface area is 129 Å². The van der Waals surface area contributed by atoms with E-state index in [0.717, 1.165) is 24.4 Å². The van der Waals surface area contributed by atoms with Crippen molar-refractivity contribution in [3.63, 3.8) is 0 Å². The predicted octanol–water partition coefficient (Wildman–Crippen LogP) is 2.19. The molecule has 2 aromatic rings. The van der Waals surface area contributed by atoms with Crippen LogP contribution in [-0.4, -0.2) is 34.0 Å². The lowest BCUT2D eigenvalue weighted by atomic mass is 9.57. The highest BCUT2D eigenvalue weighted by molar-refractivity contribution is 5.93. The van der Waals surface area contributed by atoms with Crippen LogP contribution in [0.1, 0.15) is 36.5 Å². The average Bonchev–Trinajstić information content (AvgIpc) is 3.10. The topological polar surface area (TPSA) is 55.6 Å². The summed E-state index contributed by atoms with van der Waals surface area (Å²) in [6.45, 7) is 7.14. The molecule has 22 heavy (non-hydrogen) atoms. The van der Waals surface area contributed by atoms with Gasteiger partial charge in [-0.3, -0.25) is 4.79 Å². The molecule has 0 bridgehead atoms. The number of nitrogens with one attached hydrogen (secondary N) is 1. The van der Waals surface area contributed by atoms with Crippen LogP contribution < -0.4 is 5.32 Å². The summed E-state index contributed by atoms with van der Waals surface area (Å²) in [4.78, 5) is 17.0. The van der Waals surface area contributed by atoms with E-state index in [1.54, 1.807) is 0 Å². The number of aryl methyl sites for hydroxylation is 1. The molecule has 0 radical (unpaired) electrons. The predicted molar refractivity (Wildman–Crippen MR) is 82.8 cm³/mol. The Hall–Kier alpha value is -1.88. The first kappa shape index (κ1) is 13.8. The maximum absolute atomic E-state index is 12.6. The van der Waals surface area contributed by atoms with Gasteiger partial charge in [-0.15, -0.1) is 0 Å². The van der Waals surface area contributed by atoms with Crippen LogP contribution in [0, 0.1) is 18.3 Å². The van der Waals surface area contributed by atoms with E-state index in [1.807, 2.05) is 35.7 Å². The molecule has 1 saturated heterocycles. The Kier molecular flexibility index (Phi) is 2.85. The Morgan fingerprint density at radius 2 is 2.27 bits per heavy atom. The number of hydrogen-bond acceptors (Lipinski definition) is 3. The molecule has 5 heteroatoms. The van der Waals surface area contributed by atoms with Crippen LogP contribution in [0.4, 0.5) is 0 Å². The van der Waals surface area contributed by atoms with Crippen LogP contribution in [0.5, 0.6) is 0 Å². The van der Waals surface area contributed by atoms with Crippen LogP contribution in [-0.2, 0) is 4.74 Å². The molecule has 2 fully saturated rings. The van der Waals surface area contributed by atoms with Crippen LogP contribution in [0.25, 0.3) is 5.65 Å². The number of ether oxygens (including phenoxy) is 1. The zero-order valence-electron chi connectivity index (χ0n) is 13.2. The second-order valence-electron chi connectivity index (χ2n) is 7.04. The fraction of sp³-hybridized carbons (Fsp3) is 0.529. The summed E-state index contributed by atoms with van der Waals surface area (Å²) < 4.78 is 7.72. The molecular weight excluding hydrogens is 278 g/mol. The number of aromatic nitrogens is 2. The first-order valence-corrected chi connectivity index (χ1v) is 7.85. The molecule has 0 unspecified atom stereocenters. The van der Waals surface area contributed by atoms with E-state index < -0.39 is 0 Å². The van der Waals surface area contributed by atoms with E-state index >= 15 is 0 Å². The third kappa shape index (κ3) is 1.81. The molecule has 1 saturated carbocycles. The second-order valence-corrected chi connectivity index (χ2v) is 7.04. The number of fused-ring (bicyclic) bond motifs is 2. The summed E-state index contributed by atoms with van der Waals surface area (Å²) in [5, 5.41) is 3.18. The Bertz CT molecular complexity index is 749. The van der Waals surface area contributed by atoms with Gasteiger partial charge in [0.2, 0.25) is 0 Å². The van der Waals surface area contributed by atoms with Crippen molar-refractivity contribution in [2.24, 2.45) is 11.3 Å². The van der Waals surface area contributed by atoms with Gasteiger partial charge in [-0.2, -0.15) is 0 Å². The molecule has 1 aliphatic heterocycles. The number of carbonyl (C=O) groups excluding carboxylic acids is 1. The molecule has 2 aromatic heterocycles. The largest absolute Gasteiger partial charge is 0.377 e. The summed E-state index contributed by atoms with van der Waals surface area (Å²) in [6, 6.07) is 6.04. The lowest BCUT2D eigenvalue weighted by Crippen LogP contribution is -2.66. The van der Waals surface area contributed by atoms with Gasteiger partial charge in [0.15, 0.2) is 0 Å². The summed E-state index contributed by atoms with van der Waals surface area (Å²) in [7, 11) is 0. The third-order valence-corrected chi connectivity index (χ3v) is 5.32. The lowest BCUT2D eigenvalue weighted by molar-refractivity contribution is -0.108. The molecule has 5 nitrogen and oxygen atoms in total. The summed E-state index contributed by atoms with van der Waals surface area (Å²) in [5.41, 5.74) is 2.34. The van der Waals surface area contributed by atoms with Gasteiger partial charge in [-0.05, 0) is 25.5 Å². The Morgan fingerprint density at radius 1 is 1.45 bits per heavy atom. The van der Waals surface area contributed by atoms with Gasteiger partial charge in [0.1, 0.15) is 11.3 Å². The van der Waals surface area contributed by atoms with Crippen molar-refractivity contribution in [3.8, 4) is 0 Å². The highest BCUT2D eigenvalue weighted by Gasteiger charge is 2.59. The standard InChI is InChI=1S/C17H21N3O2/c1-10-5-4-6-13-18-12(9-20(10)13)16(21)19-14-11-7-8-22-15(11)17(14,2)3/h4-6,9,11,14-15H,7-8H2,1-3H3,(H,19,21)/t11-,14+,15-/m0/s1. The van der Waals surface area contributed by atoms with E-state index in [4.69, 9.17) is 4.74 Å². The smallest absolute Gasteiger partial charge is 0.271 e. The zero-order valence-corrected chi connectivity index (χ0v) is 13.2. The van der Waals surface area contributed by atoms with Gasteiger partial charge >= 0.3 is 0 Å². The molecule has 3 atom stereocenters. The minimum atomic E-state index is -0.0912. The quantitative estimate of drug-likeness (QED) is 0.925. The number of rotatable bonds is 2. The van der Waals surface area contributed by atoms with E-state index in [0.29, 0.717) is 11.6 Å². The fourth-order valence-electron chi connectivity index (χ4n) is 4.09. The van der Waals surface area contributed by atoms with Crippen molar-refractivity contribution in [2.45, 2.75) is 39.3 Å². The first-order chi connectivity index (χ1) is 10.5. The van der Waals surface area contributed by atoms with E-state index in [2.05, 4.69) is 24.1 Å². The molecule has 1 amide bonds. The number of imidazole rings is 1. The Morgan fingerprint density at radius 3 is 3.05 bits per heavy atom. The summed E-state index contributed by atoms with van der Waals surface area (Å²) in [5.74, 6) is 0.351. The molecule has 3 heterocycles. The van der Waals surface area contributed by atoms with E-state index in [1.165, 1.54) is 0 Å². The van der Waals surface area contributed by atoms with Gasteiger partial charge in [0, 0.05) is 35.9 Å². The number of pyridine rings is 1. The van der Waals surface area contributed by atoms with Crippen LogP contribution in [0.15, 0.2) is 24.4 Å². The average molecular weight is 299 g/mol. The molecule has 0 spiro atoms. The molecule has 0 aromatic carbocycles. The minimum absolute atomic E-state index is 0.00803. The van der Waals surface area contributed by atoms with Crippen molar-refractivity contribution >= 4 is 11.6 Å². The molecule has 1 aliphatic carbocycles. The summed E-state index contributed by atoms with van der Waals surface area (Å²) in [6.07, 6.45) is 3.12. The fourth-order valence-corrected chi connectivity index (χ4v) is 4.09. The van der Waals surface area contributed by atoms with E-state index in [9.17, 15) is 4.79 Å². The number of hydrogen-bond donors (Lipinski definition) is 1. The van der Waals surface area contributed by atoms with Crippen LogP contribution in [0.2, 0.25) is 0 Å². The van der Waals surface area contributed by atoms with Gasteiger partial charge in [0.25, 0.3) is 5.91 Å². The van der Waals surface area contributed by atoms with Gasteiger partial charge in [-0.25, -0.2) is 4.98 Å². The maximum atomic E-state index is 12.6. The molecular formula is C17H21N3O2. The third-order valence-electron chi connectivity index (χ3n) is 5.32. The highest BCUT2D eigenvalue weighted by atomic mass is 16.5. The monoisotopic (exact) mass is 299 g/mol. The van der Waals surface area contributed by atoms with Crippen molar-refractivity contribution in [1.29, 1.82) is 0 Å². The normalized spacial score (nSPS) is 29.1. The molecule has 4 rings (SSSR count). The summed E-state index contributed by atoms with van der Waals surface area (Å²) >= 11 is 0. The van der Waals surface area contributed by atoms with Crippen molar-refractivity contribution in [1.82, 2.24) is 14.7 Å². The molecule has 2 aliphatic rings. The highest BCUT2D eigenvalue weighted by Crippen LogP contribution is 2.52. The first-order valence-electron chi connectivity index (χ1n) is 7.85. The van der Waals surface area contributed by atoms with Crippen molar-refractivity contribution in [2.75, 3.05) is 6.61 Å². The SMILES string of the molecule is Cc1cccc2nc(C(=O)N[C@@H]3[C@@H]4CCO[C@@H]4C3(C)C)cn12. The van der Waals surface area contributed by atoms with Gasteiger partial charge in [-0.1, -0.05) is 19.9 Å². The molecule has 116 valence electrons. The maximum Gasteiger partial charge on any atom is 0.271 e. The lowest BCUT2D eigenvalue weighted by Gasteiger charge is -2.54. The van der Waals surface area contributed by atoms with Crippen LogP contribution in [0.3, 0.4) is 0 Å². The number of carbonyl (C=O) groups is 1. The van der Waals surface area contributed by atoms with Crippen LogP contribution >= 0.6 is 0 Å². The molecule has 1 N–H and O–H groups in total. The van der Waals surface area contributed by atoms with Crippen molar-refractivity contribution in [3.05, 3.63) is 35.8 Å². The number of amides is 1. The Balaban J connectivity index is 1.58. The zero-order chi connectivity index (χ0) is 15.5. The van der Waals surface area contributed by atoms with Gasteiger partial charge in [0.05, 0.1) is 6.10 Å². The van der Waals surface area contributed by atoms with E-state index in [-0.39, 0.29) is 23.5 Å². The van der Waals surface area contributed by atoms with Crippen molar-refractivity contribution < 1.29 is 9.53 Å². The minimum Gasteiger partial charge on any atom is -0.377 e. The second kappa shape index (κ2) is 4.56.